The number of aryl methyl sites for hydroxylation is 1. The van der Waals surface area contributed by atoms with Gasteiger partial charge in [-0.2, -0.15) is 9.97 Å². The van der Waals surface area contributed by atoms with Gasteiger partial charge in [0, 0.05) is 6.54 Å². The van der Waals surface area contributed by atoms with Gasteiger partial charge in [0.2, 0.25) is 5.95 Å². The number of nitrogens with zero attached hydrogens (tertiary/aromatic N) is 3. The molecule has 0 fully saturated rings. The highest BCUT2D eigenvalue weighted by Gasteiger charge is 2.09. The Balaban J connectivity index is 2.27. The maximum Gasteiger partial charge on any atom is 0.330 e. The minimum atomic E-state index is -0.293. The second-order valence-electron chi connectivity index (χ2n) is 3.97. The van der Waals surface area contributed by atoms with Gasteiger partial charge in [-0.05, 0) is 37.6 Å². The summed E-state index contributed by atoms with van der Waals surface area (Å²) in [6.07, 6.45) is 0. The molecule has 0 amide bonds. The molecule has 2 rings (SSSR count). The van der Waals surface area contributed by atoms with E-state index in [0.29, 0.717) is 23.8 Å². The molecule has 0 aliphatic heterocycles. The van der Waals surface area contributed by atoms with Gasteiger partial charge in [-0.25, -0.2) is 4.39 Å². The molecule has 7 heteroatoms. The van der Waals surface area contributed by atoms with Crippen LogP contribution in [0.1, 0.15) is 12.5 Å². The quantitative estimate of drug-likeness (QED) is 0.906. The van der Waals surface area contributed by atoms with Crippen LogP contribution in [0.3, 0.4) is 0 Å². The maximum absolute atomic E-state index is 13.2. The molecule has 1 N–H and O–H groups in total. The van der Waals surface area contributed by atoms with E-state index in [1.807, 2.05) is 6.92 Å². The zero-order chi connectivity index (χ0) is 14.5. The molecule has 1 aromatic heterocycles. The number of hydrogen-bond acceptors (Lipinski definition) is 6. The van der Waals surface area contributed by atoms with Crippen molar-refractivity contribution < 1.29 is 13.9 Å². The highest BCUT2D eigenvalue weighted by atomic mass is 19.1. The van der Waals surface area contributed by atoms with Crippen LogP contribution < -0.4 is 14.8 Å². The molecule has 0 radical (unpaired) electrons. The number of ether oxygens (including phenoxy) is 2. The van der Waals surface area contributed by atoms with Gasteiger partial charge in [0.05, 0.1) is 7.11 Å². The zero-order valence-electron chi connectivity index (χ0n) is 11.5. The van der Waals surface area contributed by atoms with Crippen LogP contribution in [0.15, 0.2) is 18.2 Å². The molecule has 0 unspecified atom stereocenters. The molecule has 0 saturated carbocycles. The molecule has 106 valence electrons. The van der Waals surface area contributed by atoms with E-state index in [4.69, 9.17) is 9.47 Å². The first kappa shape index (κ1) is 14.0. The van der Waals surface area contributed by atoms with Crippen LogP contribution in [0.5, 0.6) is 17.8 Å². The SMILES string of the molecule is CCNc1nc(OC)nc(Oc2ccc(F)c(C)c2)n1. The summed E-state index contributed by atoms with van der Waals surface area (Å²) in [6, 6.07) is 4.63. The topological polar surface area (TPSA) is 69.2 Å². The Kier molecular flexibility index (Phi) is 4.29. The molecule has 0 aliphatic rings. The Labute approximate surface area is 116 Å². The van der Waals surface area contributed by atoms with Crippen LogP contribution in [-0.4, -0.2) is 28.6 Å². The number of aromatic nitrogens is 3. The Morgan fingerprint density at radius 1 is 1.20 bits per heavy atom. The van der Waals surface area contributed by atoms with Gasteiger partial charge in [-0.3, -0.25) is 0 Å². The number of methoxy groups -OCH3 is 1. The lowest BCUT2D eigenvalue weighted by molar-refractivity contribution is 0.360. The van der Waals surface area contributed by atoms with Gasteiger partial charge >= 0.3 is 12.0 Å². The van der Waals surface area contributed by atoms with E-state index >= 15 is 0 Å². The van der Waals surface area contributed by atoms with E-state index < -0.39 is 0 Å². The summed E-state index contributed by atoms with van der Waals surface area (Å²) < 4.78 is 23.7. The third-order valence-corrected chi connectivity index (χ3v) is 2.45. The van der Waals surface area contributed by atoms with Crippen molar-refractivity contribution in [2.45, 2.75) is 13.8 Å². The minimum Gasteiger partial charge on any atom is -0.467 e. The van der Waals surface area contributed by atoms with Crippen LogP contribution in [0.4, 0.5) is 10.3 Å². The predicted octanol–water partition coefficient (Wildman–Crippen LogP) is 2.55. The first-order chi connectivity index (χ1) is 9.62. The Morgan fingerprint density at radius 2 is 1.95 bits per heavy atom. The molecular formula is C13H15FN4O2. The molecular weight excluding hydrogens is 263 g/mol. The van der Waals surface area contributed by atoms with Crippen LogP contribution in [0.25, 0.3) is 0 Å². The summed E-state index contributed by atoms with van der Waals surface area (Å²) in [5.74, 6) is 0.506. The average Bonchev–Trinajstić information content (AvgIpc) is 2.43. The average molecular weight is 278 g/mol. The van der Waals surface area contributed by atoms with Crippen molar-refractivity contribution in [3.8, 4) is 17.8 Å². The van der Waals surface area contributed by atoms with Crippen LogP contribution >= 0.6 is 0 Å². The second-order valence-corrected chi connectivity index (χ2v) is 3.97. The Hall–Kier alpha value is -2.44. The van der Waals surface area contributed by atoms with Crippen molar-refractivity contribution in [1.29, 1.82) is 0 Å². The van der Waals surface area contributed by atoms with Crippen molar-refractivity contribution in [1.82, 2.24) is 15.0 Å². The normalized spacial score (nSPS) is 10.2. The largest absolute Gasteiger partial charge is 0.467 e. The highest BCUT2D eigenvalue weighted by molar-refractivity contribution is 5.33. The monoisotopic (exact) mass is 278 g/mol. The Morgan fingerprint density at radius 3 is 2.60 bits per heavy atom. The van der Waals surface area contributed by atoms with E-state index in [-0.39, 0.29) is 17.8 Å². The van der Waals surface area contributed by atoms with Crippen molar-refractivity contribution in [3.63, 3.8) is 0 Å². The van der Waals surface area contributed by atoms with Crippen LogP contribution in [-0.2, 0) is 0 Å². The minimum absolute atomic E-state index is 0.0822. The first-order valence-electron chi connectivity index (χ1n) is 6.10. The van der Waals surface area contributed by atoms with Crippen LogP contribution in [0, 0.1) is 12.7 Å². The molecule has 1 aromatic carbocycles. The Bertz CT molecular complexity index is 607. The van der Waals surface area contributed by atoms with Crippen molar-refractivity contribution >= 4 is 5.95 Å². The molecule has 0 saturated heterocycles. The summed E-state index contributed by atoms with van der Waals surface area (Å²) in [4.78, 5) is 12.1. The number of benzene rings is 1. The standard InChI is InChI=1S/C13H15FN4O2/c1-4-15-11-16-12(19-3)18-13(17-11)20-9-5-6-10(14)8(2)7-9/h5-7H,4H2,1-3H3,(H,15,16,17,18). The van der Waals surface area contributed by atoms with E-state index in [9.17, 15) is 4.39 Å². The van der Waals surface area contributed by atoms with Crippen LogP contribution in [0.2, 0.25) is 0 Å². The van der Waals surface area contributed by atoms with Gasteiger partial charge in [-0.15, -0.1) is 4.98 Å². The third-order valence-electron chi connectivity index (χ3n) is 2.45. The lowest BCUT2D eigenvalue weighted by Gasteiger charge is -2.08. The summed E-state index contributed by atoms with van der Waals surface area (Å²) in [5, 5.41) is 2.95. The molecule has 1 heterocycles. The number of hydrogen-bond donors (Lipinski definition) is 1. The number of rotatable bonds is 5. The number of halogens is 1. The summed E-state index contributed by atoms with van der Waals surface area (Å²) >= 11 is 0. The fourth-order valence-electron chi connectivity index (χ4n) is 1.50. The summed E-state index contributed by atoms with van der Waals surface area (Å²) in [6.45, 7) is 4.22. The molecule has 0 bridgehead atoms. The molecule has 6 nitrogen and oxygen atoms in total. The zero-order valence-corrected chi connectivity index (χ0v) is 11.5. The first-order valence-corrected chi connectivity index (χ1v) is 6.10. The number of anilines is 1. The van der Waals surface area contributed by atoms with E-state index in [2.05, 4.69) is 20.3 Å². The van der Waals surface area contributed by atoms with Crippen molar-refractivity contribution in [2.75, 3.05) is 19.0 Å². The van der Waals surface area contributed by atoms with Gasteiger partial charge < -0.3 is 14.8 Å². The third kappa shape index (κ3) is 3.31. The van der Waals surface area contributed by atoms with E-state index in [1.165, 1.54) is 19.2 Å². The number of nitrogens with one attached hydrogen (secondary N) is 1. The lowest BCUT2D eigenvalue weighted by Crippen LogP contribution is -2.06. The lowest BCUT2D eigenvalue weighted by atomic mass is 10.2. The maximum atomic E-state index is 13.2. The molecule has 0 atom stereocenters. The van der Waals surface area contributed by atoms with E-state index in [1.54, 1.807) is 13.0 Å². The molecule has 0 spiro atoms. The second kappa shape index (κ2) is 6.14. The van der Waals surface area contributed by atoms with Gasteiger partial charge in [-0.1, -0.05) is 0 Å². The van der Waals surface area contributed by atoms with Crippen molar-refractivity contribution in [2.24, 2.45) is 0 Å². The summed E-state index contributed by atoms with van der Waals surface area (Å²) in [7, 11) is 1.46. The molecule has 20 heavy (non-hydrogen) atoms. The predicted molar refractivity (Wildman–Crippen MR) is 71.8 cm³/mol. The van der Waals surface area contributed by atoms with E-state index in [0.717, 1.165) is 0 Å². The fraction of sp³-hybridized carbons (Fsp3) is 0.308. The molecule has 2 aromatic rings. The fourth-order valence-corrected chi connectivity index (χ4v) is 1.50. The smallest absolute Gasteiger partial charge is 0.330 e. The van der Waals surface area contributed by atoms with Gasteiger partial charge in [0.25, 0.3) is 0 Å². The summed E-state index contributed by atoms with van der Waals surface area (Å²) in [5.41, 5.74) is 0.482. The van der Waals surface area contributed by atoms with Gasteiger partial charge in [0.1, 0.15) is 11.6 Å². The highest BCUT2D eigenvalue weighted by Crippen LogP contribution is 2.22. The van der Waals surface area contributed by atoms with Gasteiger partial charge in [0.15, 0.2) is 0 Å². The van der Waals surface area contributed by atoms with Crippen molar-refractivity contribution in [3.05, 3.63) is 29.6 Å². The molecule has 0 aliphatic carbocycles.